The van der Waals surface area contributed by atoms with Crippen molar-refractivity contribution >= 4 is 30.2 Å². The van der Waals surface area contributed by atoms with E-state index in [1.165, 1.54) is 0 Å². The van der Waals surface area contributed by atoms with Crippen molar-refractivity contribution < 1.29 is 19.1 Å². The highest BCUT2D eigenvalue weighted by molar-refractivity contribution is 5.85. The molecule has 5 nitrogen and oxygen atoms in total. The van der Waals surface area contributed by atoms with Crippen LogP contribution in [-0.2, 0) is 20.7 Å². The molecule has 2 N–H and O–H groups in total. The smallest absolute Gasteiger partial charge is 0.434 e. The molecule has 0 saturated carbocycles. The summed E-state index contributed by atoms with van der Waals surface area (Å²) in [5, 5.41) is 0. The Morgan fingerprint density at radius 3 is 2.67 bits per heavy atom. The number of ether oxygens (including phenoxy) is 2. The quantitative estimate of drug-likeness (QED) is 0.517. The van der Waals surface area contributed by atoms with E-state index in [1.54, 1.807) is 25.1 Å². The first-order chi connectivity index (χ1) is 8.11. The number of nitrogen functional groups attached to an aromatic ring is 1. The molecule has 0 fully saturated rings. The van der Waals surface area contributed by atoms with Crippen molar-refractivity contribution in [2.45, 2.75) is 19.8 Å². The van der Waals surface area contributed by atoms with Gasteiger partial charge >= 0.3 is 12.1 Å². The standard InChI is InChI=1S/C12H15NO4.ClH/c1-2-16-12(15)17-11(14)7-6-9-4-3-5-10(13)8-9;/h3-5,8H,2,6-7,13H2,1H3;1H. The van der Waals surface area contributed by atoms with E-state index in [4.69, 9.17) is 5.73 Å². The summed E-state index contributed by atoms with van der Waals surface area (Å²) in [6.07, 6.45) is -0.365. The van der Waals surface area contributed by atoms with Crippen LogP contribution in [0.4, 0.5) is 10.5 Å². The lowest BCUT2D eigenvalue weighted by atomic mass is 10.1. The Balaban J connectivity index is 0.00000289. The van der Waals surface area contributed by atoms with Gasteiger partial charge in [-0.25, -0.2) is 4.79 Å². The van der Waals surface area contributed by atoms with Gasteiger partial charge in [-0.3, -0.25) is 4.79 Å². The van der Waals surface area contributed by atoms with Crippen LogP contribution in [0.5, 0.6) is 0 Å². The van der Waals surface area contributed by atoms with E-state index < -0.39 is 12.1 Å². The maximum absolute atomic E-state index is 11.2. The number of halogens is 1. The molecule has 0 atom stereocenters. The Morgan fingerprint density at radius 1 is 1.33 bits per heavy atom. The van der Waals surface area contributed by atoms with Crippen molar-refractivity contribution in [3.05, 3.63) is 29.8 Å². The van der Waals surface area contributed by atoms with Gasteiger partial charge in [0, 0.05) is 5.69 Å². The highest BCUT2D eigenvalue weighted by Gasteiger charge is 2.10. The number of esters is 1. The van der Waals surface area contributed by atoms with Crippen LogP contribution in [0, 0.1) is 0 Å². The number of hydrogen-bond acceptors (Lipinski definition) is 5. The van der Waals surface area contributed by atoms with Crippen molar-refractivity contribution in [1.29, 1.82) is 0 Å². The summed E-state index contributed by atoms with van der Waals surface area (Å²) in [7, 11) is 0. The Labute approximate surface area is 112 Å². The monoisotopic (exact) mass is 273 g/mol. The first kappa shape index (κ1) is 16.2. The van der Waals surface area contributed by atoms with Crippen LogP contribution in [0.2, 0.25) is 0 Å². The van der Waals surface area contributed by atoms with E-state index in [0.29, 0.717) is 12.1 Å². The van der Waals surface area contributed by atoms with Gasteiger partial charge in [-0.15, -0.1) is 12.4 Å². The van der Waals surface area contributed by atoms with E-state index >= 15 is 0 Å². The fourth-order valence-corrected chi connectivity index (χ4v) is 1.29. The Kier molecular flexibility index (Phi) is 7.54. The second-order valence-electron chi connectivity index (χ2n) is 3.40. The Hall–Kier alpha value is -1.75. The number of hydrogen-bond donors (Lipinski definition) is 1. The maximum atomic E-state index is 11.2. The number of rotatable bonds is 4. The molecule has 0 aliphatic carbocycles. The first-order valence-electron chi connectivity index (χ1n) is 5.33. The van der Waals surface area contributed by atoms with E-state index in [-0.39, 0.29) is 25.4 Å². The summed E-state index contributed by atoms with van der Waals surface area (Å²) >= 11 is 0. The molecule has 100 valence electrons. The molecular weight excluding hydrogens is 258 g/mol. The topological polar surface area (TPSA) is 78.6 Å². The van der Waals surface area contributed by atoms with Gasteiger partial charge in [0.05, 0.1) is 13.0 Å². The van der Waals surface area contributed by atoms with Gasteiger partial charge in [0.2, 0.25) is 0 Å². The number of nitrogens with two attached hydrogens (primary N) is 1. The summed E-state index contributed by atoms with van der Waals surface area (Å²) < 4.78 is 8.89. The molecule has 0 unspecified atom stereocenters. The SMILES string of the molecule is CCOC(=O)OC(=O)CCc1cccc(N)c1.Cl. The first-order valence-corrected chi connectivity index (χ1v) is 5.33. The third-order valence-electron chi connectivity index (χ3n) is 2.03. The van der Waals surface area contributed by atoms with Crippen molar-refractivity contribution in [1.82, 2.24) is 0 Å². The second-order valence-corrected chi connectivity index (χ2v) is 3.40. The third-order valence-corrected chi connectivity index (χ3v) is 2.03. The van der Waals surface area contributed by atoms with Crippen molar-refractivity contribution in [3.63, 3.8) is 0 Å². The van der Waals surface area contributed by atoms with Crippen LogP contribution in [0.1, 0.15) is 18.9 Å². The molecule has 0 radical (unpaired) electrons. The van der Waals surface area contributed by atoms with Gasteiger partial charge in [-0.05, 0) is 31.0 Å². The summed E-state index contributed by atoms with van der Waals surface area (Å²) in [5.74, 6) is -0.606. The maximum Gasteiger partial charge on any atom is 0.516 e. The fourth-order valence-electron chi connectivity index (χ4n) is 1.29. The lowest BCUT2D eigenvalue weighted by Crippen LogP contribution is -2.14. The van der Waals surface area contributed by atoms with E-state index in [9.17, 15) is 9.59 Å². The highest BCUT2D eigenvalue weighted by Crippen LogP contribution is 2.09. The van der Waals surface area contributed by atoms with E-state index in [1.807, 2.05) is 6.07 Å². The van der Waals surface area contributed by atoms with Crippen molar-refractivity contribution in [2.75, 3.05) is 12.3 Å². The van der Waals surface area contributed by atoms with Gasteiger partial charge in [0.15, 0.2) is 0 Å². The predicted molar refractivity (Wildman–Crippen MR) is 69.5 cm³/mol. The molecule has 0 spiro atoms. The average Bonchev–Trinajstić information content (AvgIpc) is 2.27. The molecule has 1 rings (SSSR count). The molecule has 0 bridgehead atoms. The van der Waals surface area contributed by atoms with Crippen molar-refractivity contribution in [2.24, 2.45) is 0 Å². The molecule has 0 aromatic heterocycles. The van der Waals surface area contributed by atoms with Gasteiger partial charge in [0.25, 0.3) is 0 Å². The Morgan fingerprint density at radius 2 is 2.06 bits per heavy atom. The molecule has 0 amide bonds. The molecule has 6 heteroatoms. The summed E-state index contributed by atoms with van der Waals surface area (Å²) in [6.45, 7) is 1.82. The fraction of sp³-hybridized carbons (Fsp3) is 0.333. The zero-order valence-corrected chi connectivity index (χ0v) is 10.9. The van der Waals surface area contributed by atoms with Crippen LogP contribution < -0.4 is 5.73 Å². The summed E-state index contributed by atoms with van der Waals surface area (Å²) in [5.41, 5.74) is 7.16. The van der Waals surface area contributed by atoms with Crippen LogP contribution in [0.3, 0.4) is 0 Å². The normalized spacial score (nSPS) is 9.17. The molecular formula is C12H16ClNO4. The number of benzene rings is 1. The lowest BCUT2D eigenvalue weighted by molar-refractivity contribution is -0.139. The van der Waals surface area contributed by atoms with E-state index in [0.717, 1.165) is 5.56 Å². The van der Waals surface area contributed by atoms with Crippen molar-refractivity contribution in [3.8, 4) is 0 Å². The van der Waals surface area contributed by atoms with E-state index in [2.05, 4.69) is 9.47 Å². The molecule has 0 heterocycles. The zero-order valence-electron chi connectivity index (χ0n) is 10.0. The molecule has 0 aliphatic heterocycles. The zero-order chi connectivity index (χ0) is 12.7. The second kappa shape index (κ2) is 8.36. The predicted octanol–water partition coefficient (Wildman–Crippen LogP) is 2.32. The highest BCUT2D eigenvalue weighted by atomic mass is 35.5. The van der Waals surface area contributed by atoms with Crippen LogP contribution in [-0.4, -0.2) is 18.7 Å². The van der Waals surface area contributed by atoms with Gasteiger partial charge in [-0.1, -0.05) is 12.1 Å². The van der Waals surface area contributed by atoms with Gasteiger partial charge < -0.3 is 15.2 Å². The molecule has 1 aromatic rings. The number of anilines is 1. The largest absolute Gasteiger partial charge is 0.516 e. The molecule has 1 aromatic carbocycles. The number of carbonyl (C=O) groups is 2. The summed E-state index contributed by atoms with van der Waals surface area (Å²) in [6, 6.07) is 7.20. The van der Waals surface area contributed by atoms with Crippen LogP contribution in [0.25, 0.3) is 0 Å². The molecule has 18 heavy (non-hydrogen) atoms. The number of carbonyl (C=O) groups excluding carboxylic acids is 2. The Bertz CT molecular complexity index is 409. The van der Waals surface area contributed by atoms with Gasteiger partial charge in [-0.2, -0.15) is 0 Å². The minimum Gasteiger partial charge on any atom is -0.434 e. The van der Waals surface area contributed by atoms with Gasteiger partial charge in [0.1, 0.15) is 0 Å². The molecule has 0 saturated heterocycles. The lowest BCUT2D eigenvalue weighted by Gasteiger charge is -2.03. The number of aryl methyl sites for hydroxylation is 1. The average molecular weight is 274 g/mol. The third kappa shape index (κ3) is 6.10. The minimum absolute atomic E-state index is 0. The van der Waals surface area contributed by atoms with Crippen LogP contribution >= 0.6 is 12.4 Å². The summed E-state index contributed by atoms with van der Waals surface area (Å²) in [4.78, 5) is 22.1. The molecule has 0 aliphatic rings. The van der Waals surface area contributed by atoms with Crippen LogP contribution in [0.15, 0.2) is 24.3 Å². The minimum atomic E-state index is -0.954.